The Hall–Kier alpha value is -0.860. The van der Waals surface area contributed by atoms with Crippen LogP contribution in [0.2, 0.25) is 5.02 Å². The van der Waals surface area contributed by atoms with Gasteiger partial charge in [0, 0.05) is 6.54 Å². The molecule has 0 aliphatic heterocycles. The number of benzene rings is 1. The summed E-state index contributed by atoms with van der Waals surface area (Å²) in [6, 6.07) is 4.88. The van der Waals surface area contributed by atoms with Gasteiger partial charge in [-0.05, 0) is 49.4 Å². The molecular formula is C14H17ClFN. The first-order chi connectivity index (χ1) is 8.25. The Morgan fingerprint density at radius 1 is 1.35 bits per heavy atom. The molecule has 1 aliphatic carbocycles. The van der Waals surface area contributed by atoms with Gasteiger partial charge >= 0.3 is 0 Å². The third-order valence-electron chi connectivity index (χ3n) is 3.12. The summed E-state index contributed by atoms with van der Waals surface area (Å²) in [4.78, 5) is 0. The van der Waals surface area contributed by atoms with Gasteiger partial charge < -0.3 is 5.32 Å². The van der Waals surface area contributed by atoms with Crippen LogP contribution in [0.1, 0.15) is 24.8 Å². The van der Waals surface area contributed by atoms with Crippen molar-refractivity contribution in [2.24, 2.45) is 5.92 Å². The lowest BCUT2D eigenvalue weighted by molar-refractivity contribution is 0.440. The minimum absolute atomic E-state index is 0.199. The van der Waals surface area contributed by atoms with Gasteiger partial charge in [-0.15, -0.1) is 0 Å². The summed E-state index contributed by atoms with van der Waals surface area (Å²) in [5.41, 5.74) is 1.03. The van der Waals surface area contributed by atoms with Crippen LogP contribution in [0.5, 0.6) is 0 Å². The molecule has 1 unspecified atom stereocenters. The molecule has 0 heterocycles. The summed E-state index contributed by atoms with van der Waals surface area (Å²) >= 11 is 5.73. The zero-order valence-corrected chi connectivity index (χ0v) is 10.5. The molecule has 1 aliphatic rings. The second-order valence-electron chi connectivity index (χ2n) is 4.53. The maximum absolute atomic E-state index is 13.0. The van der Waals surface area contributed by atoms with Crippen LogP contribution in [-0.4, -0.2) is 6.54 Å². The van der Waals surface area contributed by atoms with Gasteiger partial charge in [0.15, 0.2) is 0 Å². The monoisotopic (exact) mass is 253 g/mol. The lowest BCUT2D eigenvalue weighted by Gasteiger charge is -2.18. The van der Waals surface area contributed by atoms with Crippen LogP contribution in [0.25, 0.3) is 0 Å². The molecule has 1 N–H and O–H groups in total. The number of hydrogen-bond donors (Lipinski definition) is 1. The van der Waals surface area contributed by atoms with Crippen molar-refractivity contribution in [3.05, 3.63) is 46.8 Å². The van der Waals surface area contributed by atoms with Crippen LogP contribution >= 0.6 is 11.6 Å². The fraction of sp³-hybridized carbons (Fsp3) is 0.429. The van der Waals surface area contributed by atoms with Crippen molar-refractivity contribution in [1.29, 1.82) is 0 Å². The maximum atomic E-state index is 13.0. The topological polar surface area (TPSA) is 12.0 Å². The number of hydrogen-bond acceptors (Lipinski definition) is 1. The molecular weight excluding hydrogens is 237 g/mol. The first-order valence-electron chi connectivity index (χ1n) is 6.05. The van der Waals surface area contributed by atoms with E-state index in [1.807, 2.05) is 0 Å². The highest BCUT2D eigenvalue weighted by molar-refractivity contribution is 6.30. The molecule has 0 saturated heterocycles. The Labute approximate surface area is 107 Å². The van der Waals surface area contributed by atoms with E-state index in [1.165, 1.54) is 18.9 Å². The Morgan fingerprint density at radius 3 is 2.94 bits per heavy atom. The van der Waals surface area contributed by atoms with Gasteiger partial charge in [0.1, 0.15) is 5.82 Å². The lowest BCUT2D eigenvalue weighted by atomic mass is 9.94. The fourth-order valence-corrected chi connectivity index (χ4v) is 2.32. The highest BCUT2D eigenvalue weighted by Gasteiger charge is 2.09. The molecule has 0 radical (unpaired) electrons. The summed E-state index contributed by atoms with van der Waals surface area (Å²) in [5.74, 6) is 0.378. The molecule has 1 atom stereocenters. The third-order valence-corrected chi connectivity index (χ3v) is 3.41. The van der Waals surface area contributed by atoms with Crippen molar-refractivity contribution in [1.82, 2.24) is 5.32 Å². The van der Waals surface area contributed by atoms with Crippen molar-refractivity contribution in [2.45, 2.75) is 25.8 Å². The molecule has 0 spiro atoms. The molecule has 0 saturated carbocycles. The van der Waals surface area contributed by atoms with Gasteiger partial charge in [-0.1, -0.05) is 29.8 Å². The normalized spacial score (nSPS) is 19.5. The second-order valence-corrected chi connectivity index (χ2v) is 4.94. The van der Waals surface area contributed by atoms with Gasteiger partial charge in [-0.3, -0.25) is 0 Å². The van der Waals surface area contributed by atoms with E-state index in [0.717, 1.165) is 31.0 Å². The standard InChI is InChI=1S/C14H17ClFN/c15-13-8-12(6-7-14(13)16)10-17-9-11-4-2-1-3-5-11/h1-2,6-8,11,17H,3-5,9-10H2. The van der Waals surface area contributed by atoms with Gasteiger partial charge in [-0.2, -0.15) is 0 Å². The van der Waals surface area contributed by atoms with Gasteiger partial charge in [0.25, 0.3) is 0 Å². The summed E-state index contributed by atoms with van der Waals surface area (Å²) in [7, 11) is 0. The van der Waals surface area contributed by atoms with Crippen molar-refractivity contribution < 1.29 is 4.39 Å². The fourth-order valence-electron chi connectivity index (χ4n) is 2.11. The third kappa shape index (κ3) is 3.83. The first-order valence-corrected chi connectivity index (χ1v) is 6.43. The van der Waals surface area contributed by atoms with E-state index in [0.29, 0.717) is 0 Å². The lowest BCUT2D eigenvalue weighted by Crippen LogP contribution is -2.23. The quantitative estimate of drug-likeness (QED) is 0.802. The van der Waals surface area contributed by atoms with E-state index in [2.05, 4.69) is 17.5 Å². The largest absolute Gasteiger partial charge is 0.312 e. The maximum Gasteiger partial charge on any atom is 0.141 e. The van der Waals surface area contributed by atoms with Crippen LogP contribution in [0.4, 0.5) is 4.39 Å². The van der Waals surface area contributed by atoms with Crippen LogP contribution in [-0.2, 0) is 6.54 Å². The molecule has 92 valence electrons. The molecule has 3 heteroatoms. The van der Waals surface area contributed by atoms with Crippen molar-refractivity contribution in [2.75, 3.05) is 6.54 Å². The molecule has 2 rings (SSSR count). The number of rotatable bonds is 4. The summed E-state index contributed by atoms with van der Waals surface area (Å²) < 4.78 is 13.0. The van der Waals surface area contributed by atoms with Crippen molar-refractivity contribution in [3.63, 3.8) is 0 Å². The minimum atomic E-state index is -0.354. The van der Waals surface area contributed by atoms with Gasteiger partial charge in [-0.25, -0.2) is 4.39 Å². The van der Waals surface area contributed by atoms with E-state index < -0.39 is 0 Å². The molecule has 0 aromatic heterocycles. The Morgan fingerprint density at radius 2 is 2.24 bits per heavy atom. The van der Waals surface area contributed by atoms with Crippen LogP contribution in [0, 0.1) is 11.7 Å². The van der Waals surface area contributed by atoms with Crippen LogP contribution in [0.3, 0.4) is 0 Å². The summed E-state index contributed by atoms with van der Waals surface area (Å²) in [6.07, 6.45) is 8.11. The smallest absolute Gasteiger partial charge is 0.141 e. The highest BCUT2D eigenvalue weighted by Crippen LogP contribution is 2.18. The number of nitrogens with one attached hydrogen (secondary N) is 1. The average molecular weight is 254 g/mol. The number of halogens is 2. The van der Waals surface area contributed by atoms with E-state index in [9.17, 15) is 4.39 Å². The average Bonchev–Trinajstić information content (AvgIpc) is 2.35. The predicted octanol–water partition coefficient (Wildman–Crippen LogP) is 3.93. The SMILES string of the molecule is Fc1ccc(CNCC2CC=CCC2)cc1Cl. The zero-order chi connectivity index (χ0) is 12.1. The summed E-state index contributed by atoms with van der Waals surface area (Å²) in [5, 5.41) is 3.60. The van der Waals surface area contributed by atoms with E-state index in [4.69, 9.17) is 11.6 Å². The van der Waals surface area contributed by atoms with E-state index in [-0.39, 0.29) is 10.8 Å². The highest BCUT2D eigenvalue weighted by atomic mass is 35.5. The van der Waals surface area contributed by atoms with Crippen LogP contribution < -0.4 is 5.32 Å². The molecule has 1 aromatic rings. The Kier molecular flexibility index (Phi) is 4.57. The van der Waals surface area contributed by atoms with E-state index in [1.54, 1.807) is 12.1 Å². The molecule has 1 nitrogen and oxygen atoms in total. The molecule has 1 aromatic carbocycles. The second kappa shape index (κ2) is 6.18. The summed E-state index contributed by atoms with van der Waals surface area (Å²) in [6.45, 7) is 1.76. The first kappa shape index (κ1) is 12.6. The van der Waals surface area contributed by atoms with Crippen molar-refractivity contribution >= 4 is 11.6 Å². The Bertz CT molecular complexity index is 403. The molecule has 17 heavy (non-hydrogen) atoms. The molecule has 0 bridgehead atoms. The van der Waals surface area contributed by atoms with Crippen molar-refractivity contribution in [3.8, 4) is 0 Å². The van der Waals surface area contributed by atoms with Gasteiger partial charge in [0.05, 0.1) is 5.02 Å². The van der Waals surface area contributed by atoms with Crippen LogP contribution in [0.15, 0.2) is 30.4 Å². The molecule has 0 amide bonds. The minimum Gasteiger partial charge on any atom is -0.312 e. The Balaban J connectivity index is 1.77. The predicted molar refractivity (Wildman–Crippen MR) is 69.6 cm³/mol. The number of allylic oxidation sites excluding steroid dienone is 2. The molecule has 0 fully saturated rings. The van der Waals surface area contributed by atoms with E-state index >= 15 is 0 Å². The van der Waals surface area contributed by atoms with Gasteiger partial charge in [0.2, 0.25) is 0 Å². The zero-order valence-electron chi connectivity index (χ0n) is 9.76.